The molecule has 0 amide bonds. The van der Waals surface area contributed by atoms with E-state index >= 15 is 0 Å². The Labute approximate surface area is 121 Å². The summed E-state index contributed by atoms with van der Waals surface area (Å²) >= 11 is 0. The monoisotopic (exact) mass is 302 g/mol. The predicted molar refractivity (Wildman–Crippen MR) is 70.3 cm³/mol. The van der Waals surface area contributed by atoms with Gasteiger partial charge >= 0.3 is 6.18 Å². The first kappa shape index (κ1) is 15.8. The third-order valence-corrected chi connectivity index (χ3v) is 3.32. The zero-order chi connectivity index (χ0) is 15.5. The SMILES string of the molecule is CCC(=O)c1cc(C(F)(F)F)ccc1OC1CCCCO1. The summed E-state index contributed by atoms with van der Waals surface area (Å²) in [5.74, 6) is -0.228. The standard InChI is InChI=1S/C15H17F3O3/c1-2-12(19)11-9-10(15(16,17)18)6-7-13(11)21-14-5-3-4-8-20-14/h6-7,9,14H,2-5,8H2,1H3. The van der Waals surface area contributed by atoms with Crippen molar-refractivity contribution in [2.24, 2.45) is 0 Å². The minimum atomic E-state index is -4.48. The zero-order valence-corrected chi connectivity index (χ0v) is 11.7. The molecule has 1 aromatic rings. The van der Waals surface area contributed by atoms with Crippen LogP contribution >= 0.6 is 0 Å². The number of halogens is 3. The fourth-order valence-corrected chi connectivity index (χ4v) is 2.16. The molecule has 1 heterocycles. The molecule has 116 valence electrons. The van der Waals surface area contributed by atoms with Crippen LogP contribution in [-0.2, 0) is 10.9 Å². The summed E-state index contributed by atoms with van der Waals surface area (Å²) in [6, 6.07) is 2.97. The van der Waals surface area contributed by atoms with Gasteiger partial charge in [-0.25, -0.2) is 0 Å². The second-order valence-electron chi connectivity index (χ2n) is 4.90. The van der Waals surface area contributed by atoms with Crippen LogP contribution in [-0.4, -0.2) is 18.7 Å². The van der Waals surface area contributed by atoms with Crippen LogP contribution < -0.4 is 4.74 Å². The lowest BCUT2D eigenvalue weighted by Gasteiger charge is -2.24. The van der Waals surface area contributed by atoms with Crippen LogP contribution in [0.25, 0.3) is 0 Å². The first-order chi connectivity index (χ1) is 9.91. The van der Waals surface area contributed by atoms with E-state index in [1.54, 1.807) is 6.92 Å². The Morgan fingerprint density at radius 2 is 2.14 bits per heavy atom. The quantitative estimate of drug-likeness (QED) is 0.782. The van der Waals surface area contributed by atoms with Gasteiger partial charge < -0.3 is 9.47 Å². The molecule has 1 saturated heterocycles. The van der Waals surface area contributed by atoms with E-state index in [4.69, 9.17) is 9.47 Å². The molecule has 0 saturated carbocycles. The maximum Gasteiger partial charge on any atom is 0.416 e. The second-order valence-corrected chi connectivity index (χ2v) is 4.90. The molecule has 1 atom stereocenters. The van der Waals surface area contributed by atoms with Gasteiger partial charge in [-0.3, -0.25) is 4.79 Å². The fourth-order valence-electron chi connectivity index (χ4n) is 2.16. The number of hydrogen-bond acceptors (Lipinski definition) is 3. The van der Waals surface area contributed by atoms with Crippen molar-refractivity contribution in [3.63, 3.8) is 0 Å². The normalized spacial score (nSPS) is 19.3. The molecule has 21 heavy (non-hydrogen) atoms. The molecule has 1 fully saturated rings. The molecule has 0 aromatic heterocycles. The first-order valence-corrected chi connectivity index (χ1v) is 6.94. The van der Waals surface area contributed by atoms with E-state index in [1.165, 1.54) is 6.07 Å². The maximum atomic E-state index is 12.7. The van der Waals surface area contributed by atoms with Crippen LogP contribution in [0.5, 0.6) is 5.75 Å². The molecule has 2 rings (SSSR count). The molecule has 6 heteroatoms. The Morgan fingerprint density at radius 1 is 1.38 bits per heavy atom. The van der Waals surface area contributed by atoms with E-state index in [-0.39, 0.29) is 23.5 Å². The van der Waals surface area contributed by atoms with Gasteiger partial charge in [-0.1, -0.05) is 6.92 Å². The van der Waals surface area contributed by atoms with Gasteiger partial charge in [0.05, 0.1) is 17.7 Å². The van der Waals surface area contributed by atoms with Gasteiger partial charge in [0, 0.05) is 12.8 Å². The highest BCUT2D eigenvalue weighted by Crippen LogP contribution is 2.34. The summed E-state index contributed by atoms with van der Waals surface area (Å²) in [7, 11) is 0. The van der Waals surface area contributed by atoms with Crippen molar-refractivity contribution in [1.82, 2.24) is 0 Å². The Bertz CT molecular complexity index is 505. The number of alkyl halides is 3. The molecule has 0 radical (unpaired) electrons. The summed E-state index contributed by atoms with van der Waals surface area (Å²) < 4.78 is 49.2. The lowest BCUT2D eigenvalue weighted by Crippen LogP contribution is -2.26. The molecular weight excluding hydrogens is 285 g/mol. The Kier molecular flexibility index (Phi) is 4.88. The van der Waals surface area contributed by atoms with Crippen molar-refractivity contribution in [2.45, 2.75) is 45.1 Å². The summed E-state index contributed by atoms with van der Waals surface area (Å²) in [5.41, 5.74) is -0.891. The molecule has 3 nitrogen and oxygen atoms in total. The Morgan fingerprint density at radius 3 is 2.71 bits per heavy atom. The van der Waals surface area contributed by atoms with E-state index < -0.39 is 18.0 Å². The molecule has 1 unspecified atom stereocenters. The first-order valence-electron chi connectivity index (χ1n) is 6.94. The third kappa shape index (κ3) is 3.97. The minimum absolute atomic E-state index is 0.0403. The molecule has 0 spiro atoms. The van der Waals surface area contributed by atoms with E-state index in [9.17, 15) is 18.0 Å². The number of benzene rings is 1. The summed E-state index contributed by atoms with van der Waals surface area (Å²) in [5, 5.41) is 0. The minimum Gasteiger partial charge on any atom is -0.464 e. The molecule has 1 aromatic carbocycles. The lowest BCUT2D eigenvalue weighted by atomic mass is 10.0. The van der Waals surface area contributed by atoms with Gasteiger partial charge in [-0.15, -0.1) is 0 Å². The highest BCUT2D eigenvalue weighted by Gasteiger charge is 2.32. The molecule has 0 N–H and O–H groups in total. The summed E-state index contributed by atoms with van der Waals surface area (Å²) in [6.45, 7) is 2.16. The van der Waals surface area contributed by atoms with Crippen LogP contribution in [0.3, 0.4) is 0 Å². The number of carbonyl (C=O) groups excluding carboxylic acids is 1. The van der Waals surface area contributed by atoms with Gasteiger partial charge in [0.2, 0.25) is 0 Å². The topological polar surface area (TPSA) is 35.5 Å². The van der Waals surface area contributed by atoms with Gasteiger partial charge in [-0.2, -0.15) is 13.2 Å². The Hall–Kier alpha value is -1.56. The van der Waals surface area contributed by atoms with Gasteiger partial charge in [0.1, 0.15) is 5.75 Å². The predicted octanol–water partition coefficient (Wildman–Crippen LogP) is 4.20. The number of Topliss-reactive ketones (excluding diaryl/α,β-unsaturated/α-hetero) is 1. The van der Waals surface area contributed by atoms with E-state index in [2.05, 4.69) is 0 Å². The largest absolute Gasteiger partial charge is 0.464 e. The zero-order valence-electron chi connectivity index (χ0n) is 11.7. The molecule has 1 aliphatic heterocycles. The summed E-state index contributed by atoms with van der Waals surface area (Å²) in [6.07, 6.45) is -2.33. The van der Waals surface area contributed by atoms with Crippen LogP contribution in [0.4, 0.5) is 13.2 Å². The summed E-state index contributed by atoms with van der Waals surface area (Å²) in [4.78, 5) is 11.9. The van der Waals surface area contributed by atoms with Crippen molar-refractivity contribution in [1.29, 1.82) is 0 Å². The smallest absolute Gasteiger partial charge is 0.416 e. The van der Waals surface area contributed by atoms with Crippen LogP contribution in [0.1, 0.15) is 48.5 Å². The van der Waals surface area contributed by atoms with E-state index in [0.717, 1.165) is 25.0 Å². The molecule has 0 bridgehead atoms. The Balaban J connectivity index is 2.28. The molecule has 0 aliphatic carbocycles. The molecule has 1 aliphatic rings. The molecular formula is C15H17F3O3. The van der Waals surface area contributed by atoms with Crippen LogP contribution in [0.15, 0.2) is 18.2 Å². The van der Waals surface area contributed by atoms with Crippen LogP contribution in [0, 0.1) is 0 Å². The number of ether oxygens (including phenoxy) is 2. The lowest BCUT2D eigenvalue weighted by molar-refractivity contribution is -0.137. The van der Waals surface area contributed by atoms with Gasteiger partial charge in [-0.05, 0) is 31.0 Å². The van der Waals surface area contributed by atoms with E-state index in [0.29, 0.717) is 13.0 Å². The van der Waals surface area contributed by atoms with Gasteiger partial charge in [0.25, 0.3) is 0 Å². The van der Waals surface area contributed by atoms with Crippen molar-refractivity contribution in [2.75, 3.05) is 6.61 Å². The highest BCUT2D eigenvalue weighted by atomic mass is 19.4. The third-order valence-electron chi connectivity index (χ3n) is 3.32. The average molecular weight is 302 g/mol. The number of rotatable bonds is 4. The van der Waals surface area contributed by atoms with E-state index in [1.807, 2.05) is 0 Å². The van der Waals surface area contributed by atoms with Crippen molar-refractivity contribution < 1.29 is 27.4 Å². The number of hydrogen-bond donors (Lipinski definition) is 0. The van der Waals surface area contributed by atoms with Crippen molar-refractivity contribution in [3.8, 4) is 5.75 Å². The number of carbonyl (C=O) groups is 1. The second kappa shape index (κ2) is 6.47. The van der Waals surface area contributed by atoms with Crippen molar-refractivity contribution >= 4 is 5.78 Å². The number of ketones is 1. The van der Waals surface area contributed by atoms with Crippen molar-refractivity contribution in [3.05, 3.63) is 29.3 Å². The average Bonchev–Trinajstić information content (AvgIpc) is 2.47. The maximum absolute atomic E-state index is 12.7. The highest BCUT2D eigenvalue weighted by molar-refractivity contribution is 5.98. The van der Waals surface area contributed by atoms with Gasteiger partial charge in [0.15, 0.2) is 12.1 Å². The fraction of sp³-hybridized carbons (Fsp3) is 0.533. The van der Waals surface area contributed by atoms with Crippen LogP contribution in [0.2, 0.25) is 0 Å².